The van der Waals surface area contributed by atoms with Crippen molar-refractivity contribution in [2.45, 2.75) is 38.8 Å². The van der Waals surface area contributed by atoms with Gasteiger partial charge in [0.25, 0.3) is 0 Å². The zero-order valence-corrected chi connectivity index (χ0v) is 9.91. The lowest BCUT2D eigenvalue weighted by Gasteiger charge is -2.06. The van der Waals surface area contributed by atoms with Crippen LogP contribution < -0.4 is 11.4 Å². The molecule has 0 saturated carbocycles. The van der Waals surface area contributed by atoms with Gasteiger partial charge in [-0.1, -0.05) is 6.92 Å². The summed E-state index contributed by atoms with van der Waals surface area (Å²) in [5.74, 6) is 0. The van der Waals surface area contributed by atoms with Crippen LogP contribution in [0, 0.1) is 0 Å². The topological polar surface area (TPSA) is 78.2 Å². The maximum Gasteiger partial charge on any atom is 0.350 e. The van der Waals surface area contributed by atoms with Crippen molar-refractivity contribution in [3.05, 3.63) is 29.1 Å². The van der Waals surface area contributed by atoms with Crippen molar-refractivity contribution in [3.63, 3.8) is 0 Å². The second-order valence-electron chi connectivity index (χ2n) is 4.12. The van der Waals surface area contributed by atoms with Crippen LogP contribution >= 0.6 is 0 Å². The largest absolute Gasteiger partial charge is 0.350 e. The summed E-state index contributed by atoms with van der Waals surface area (Å²) >= 11 is 0. The second kappa shape index (κ2) is 5.09. The molecule has 0 radical (unpaired) electrons. The van der Waals surface area contributed by atoms with E-state index < -0.39 is 0 Å². The van der Waals surface area contributed by atoms with Gasteiger partial charge in [0.2, 0.25) is 0 Å². The molecule has 0 saturated heterocycles. The lowest BCUT2D eigenvalue weighted by atomic mass is 10.1. The molecule has 0 aliphatic heterocycles. The lowest BCUT2D eigenvalue weighted by molar-refractivity contribution is 0.493. The fourth-order valence-corrected chi connectivity index (χ4v) is 1.73. The van der Waals surface area contributed by atoms with Gasteiger partial charge in [0.05, 0.1) is 6.20 Å². The van der Waals surface area contributed by atoms with Crippen LogP contribution in [-0.2, 0) is 6.54 Å². The number of fused-ring (bicyclic) bond motifs is 1. The van der Waals surface area contributed by atoms with E-state index in [1.807, 2.05) is 0 Å². The molecule has 0 aliphatic rings. The van der Waals surface area contributed by atoms with Crippen molar-refractivity contribution >= 4 is 5.65 Å². The van der Waals surface area contributed by atoms with Gasteiger partial charge in [-0.2, -0.15) is 0 Å². The molecule has 2 heterocycles. The van der Waals surface area contributed by atoms with E-state index in [9.17, 15) is 4.79 Å². The molecule has 2 aromatic rings. The van der Waals surface area contributed by atoms with E-state index in [0.29, 0.717) is 12.2 Å². The SMILES string of the molecule is CCC(N)CCCn1nc2cnccn2c1=O. The van der Waals surface area contributed by atoms with E-state index in [1.54, 1.807) is 18.6 Å². The van der Waals surface area contributed by atoms with E-state index in [1.165, 1.54) is 9.08 Å². The van der Waals surface area contributed by atoms with Crippen molar-refractivity contribution in [2.75, 3.05) is 0 Å². The van der Waals surface area contributed by atoms with Crippen LogP contribution in [0.1, 0.15) is 26.2 Å². The number of nitrogens with two attached hydrogens (primary N) is 1. The summed E-state index contributed by atoms with van der Waals surface area (Å²) in [4.78, 5) is 15.8. The number of hydrogen-bond donors (Lipinski definition) is 1. The average molecular weight is 235 g/mol. The van der Waals surface area contributed by atoms with Gasteiger partial charge in [0, 0.05) is 25.0 Å². The first-order valence-electron chi connectivity index (χ1n) is 5.87. The van der Waals surface area contributed by atoms with Crippen LogP contribution in [0.4, 0.5) is 0 Å². The van der Waals surface area contributed by atoms with E-state index >= 15 is 0 Å². The Morgan fingerprint density at radius 2 is 2.35 bits per heavy atom. The highest BCUT2D eigenvalue weighted by Gasteiger charge is 2.06. The summed E-state index contributed by atoms with van der Waals surface area (Å²) in [6.45, 7) is 2.67. The summed E-state index contributed by atoms with van der Waals surface area (Å²) < 4.78 is 2.96. The first kappa shape index (κ1) is 11.8. The highest BCUT2D eigenvalue weighted by atomic mass is 16.2. The van der Waals surface area contributed by atoms with Crippen molar-refractivity contribution in [1.29, 1.82) is 0 Å². The molecule has 92 valence electrons. The Balaban J connectivity index is 2.09. The third kappa shape index (κ3) is 2.52. The van der Waals surface area contributed by atoms with Gasteiger partial charge >= 0.3 is 5.69 Å². The van der Waals surface area contributed by atoms with E-state index in [0.717, 1.165) is 19.3 Å². The third-order valence-electron chi connectivity index (χ3n) is 2.86. The molecule has 0 fully saturated rings. The van der Waals surface area contributed by atoms with Gasteiger partial charge in [-0.15, -0.1) is 5.10 Å². The molecule has 0 spiro atoms. The first-order valence-corrected chi connectivity index (χ1v) is 5.87. The van der Waals surface area contributed by atoms with Gasteiger partial charge in [-0.3, -0.25) is 4.98 Å². The van der Waals surface area contributed by atoms with Crippen LogP contribution in [0.2, 0.25) is 0 Å². The molecule has 0 bridgehead atoms. The van der Waals surface area contributed by atoms with Gasteiger partial charge in [0.1, 0.15) is 0 Å². The van der Waals surface area contributed by atoms with Crippen molar-refractivity contribution < 1.29 is 0 Å². The Morgan fingerprint density at radius 3 is 3.06 bits per heavy atom. The van der Waals surface area contributed by atoms with Crippen molar-refractivity contribution in [1.82, 2.24) is 19.2 Å². The number of aromatic nitrogens is 4. The van der Waals surface area contributed by atoms with Gasteiger partial charge in [-0.25, -0.2) is 13.9 Å². The molecule has 2 N–H and O–H groups in total. The molecule has 6 nitrogen and oxygen atoms in total. The Morgan fingerprint density at radius 1 is 1.53 bits per heavy atom. The number of aryl methyl sites for hydroxylation is 1. The Labute approximate surface area is 99.1 Å². The number of nitrogens with zero attached hydrogens (tertiary/aromatic N) is 4. The number of hydrogen-bond acceptors (Lipinski definition) is 4. The number of rotatable bonds is 5. The zero-order valence-electron chi connectivity index (χ0n) is 9.91. The van der Waals surface area contributed by atoms with Gasteiger partial charge < -0.3 is 5.73 Å². The molecule has 1 unspecified atom stereocenters. The molecule has 17 heavy (non-hydrogen) atoms. The van der Waals surface area contributed by atoms with Crippen LogP contribution in [0.3, 0.4) is 0 Å². The van der Waals surface area contributed by atoms with E-state index in [4.69, 9.17) is 5.73 Å². The minimum Gasteiger partial charge on any atom is -0.328 e. The maximum atomic E-state index is 11.9. The van der Waals surface area contributed by atoms with Crippen molar-refractivity contribution in [3.8, 4) is 0 Å². The monoisotopic (exact) mass is 235 g/mol. The summed E-state index contributed by atoms with van der Waals surface area (Å²) in [6.07, 6.45) is 7.52. The molecule has 2 rings (SSSR count). The molecule has 0 aliphatic carbocycles. The van der Waals surface area contributed by atoms with Crippen molar-refractivity contribution in [2.24, 2.45) is 5.73 Å². The lowest BCUT2D eigenvalue weighted by Crippen LogP contribution is -2.23. The standard InChI is InChI=1S/C11H17N5O/c1-2-9(12)4-3-6-16-11(17)15-7-5-13-8-10(15)14-16/h5,7-9H,2-4,6,12H2,1H3. The van der Waals surface area contributed by atoms with E-state index in [-0.39, 0.29) is 11.7 Å². The zero-order chi connectivity index (χ0) is 12.3. The molecular weight excluding hydrogens is 218 g/mol. The fourth-order valence-electron chi connectivity index (χ4n) is 1.73. The molecule has 0 aromatic carbocycles. The smallest absolute Gasteiger partial charge is 0.328 e. The van der Waals surface area contributed by atoms with Crippen LogP contribution in [0.15, 0.2) is 23.4 Å². The average Bonchev–Trinajstić information content (AvgIpc) is 2.67. The predicted octanol–water partition coefficient (Wildman–Crippen LogP) is 0.408. The molecule has 0 amide bonds. The third-order valence-corrected chi connectivity index (χ3v) is 2.86. The Kier molecular flexibility index (Phi) is 3.53. The summed E-state index contributed by atoms with van der Waals surface area (Å²) in [5, 5.41) is 4.20. The highest BCUT2D eigenvalue weighted by molar-refractivity contribution is 5.31. The fraction of sp³-hybridized carbons (Fsp3) is 0.545. The second-order valence-corrected chi connectivity index (χ2v) is 4.12. The normalized spacial score (nSPS) is 13.1. The van der Waals surface area contributed by atoms with Crippen LogP contribution in [0.25, 0.3) is 5.65 Å². The van der Waals surface area contributed by atoms with Crippen LogP contribution in [0.5, 0.6) is 0 Å². The molecule has 2 aromatic heterocycles. The summed E-state index contributed by atoms with van der Waals surface area (Å²) in [6, 6.07) is 0.212. The van der Waals surface area contributed by atoms with Crippen LogP contribution in [-0.4, -0.2) is 25.2 Å². The highest BCUT2D eigenvalue weighted by Crippen LogP contribution is 2.00. The Hall–Kier alpha value is -1.69. The molecule has 6 heteroatoms. The summed E-state index contributed by atoms with van der Waals surface area (Å²) in [7, 11) is 0. The molecule has 1 atom stereocenters. The quantitative estimate of drug-likeness (QED) is 0.814. The first-order chi connectivity index (χ1) is 8.22. The maximum absolute atomic E-state index is 11.9. The van der Waals surface area contributed by atoms with E-state index in [2.05, 4.69) is 17.0 Å². The minimum absolute atomic E-state index is 0.118. The predicted molar refractivity (Wildman–Crippen MR) is 64.7 cm³/mol. The minimum atomic E-state index is -0.118. The Bertz CT molecular complexity index is 544. The molecular formula is C11H17N5O. The summed E-state index contributed by atoms with van der Waals surface area (Å²) in [5.41, 5.74) is 6.29. The van der Waals surface area contributed by atoms with Gasteiger partial charge in [0.15, 0.2) is 5.65 Å². The van der Waals surface area contributed by atoms with Gasteiger partial charge in [-0.05, 0) is 19.3 Å².